The van der Waals surface area contributed by atoms with Gasteiger partial charge in [0.15, 0.2) is 12.1 Å². The Bertz CT molecular complexity index is 1230. The molecular weight excluding hydrogens is 424 g/mol. The summed E-state index contributed by atoms with van der Waals surface area (Å²) in [7, 11) is 0. The molecule has 0 aliphatic carbocycles. The van der Waals surface area contributed by atoms with E-state index >= 15 is 0 Å². The molecule has 1 atom stereocenters. The summed E-state index contributed by atoms with van der Waals surface area (Å²) in [5.41, 5.74) is 3.87. The standard InChI is InChI=1S/C24H24N4O3S/c29-18-4-1-3-17(11-18)27-23-22-19(25-14-26-23)12-21(32-22)16-8-6-15(7-9-16)13-28-10-2-5-20(28)24(30)31/h1,3-4,6-9,11-12,14,20,24,29-31H,2,5,10,13H2,(H,25,26,27). The summed E-state index contributed by atoms with van der Waals surface area (Å²) in [5, 5.41) is 32.1. The Morgan fingerprint density at radius 1 is 1.09 bits per heavy atom. The predicted octanol–water partition coefficient (Wildman–Crippen LogP) is 4.08. The van der Waals surface area contributed by atoms with Crippen LogP contribution in [0.25, 0.3) is 20.7 Å². The number of aromatic hydroxyl groups is 1. The number of aliphatic hydroxyl groups is 2. The van der Waals surface area contributed by atoms with Gasteiger partial charge in [-0.1, -0.05) is 30.3 Å². The molecular formula is C24H24N4O3S. The molecule has 1 aliphatic heterocycles. The number of nitrogens with one attached hydrogen (secondary N) is 1. The number of nitrogens with zero attached hydrogens (tertiary/aromatic N) is 3. The predicted molar refractivity (Wildman–Crippen MR) is 126 cm³/mol. The monoisotopic (exact) mass is 448 g/mol. The van der Waals surface area contributed by atoms with Crippen LogP contribution in [0.4, 0.5) is 11.5 Å². The molecule has 1 aliphatic rings. The highest BCUT2D eigenvalue weighted by Crippen LogP contribution is 2.37. The third-order valence-corrected chi connectivity index (χ3v) is 6.98. The second-order valence-electron chi connectivity index (χ2n) is 8.01. The van der Waals surface area contributed by atoms with E-state index in [2.05, 4.69) is 50.5 Å². The van der Waals surface area contributed by atoms with Crippen molar-refractivity contribution in [3.8, 4) is 16.2 Å². The highest BCUT2D eigenvalue weighted by molar-refractivity contribution is 7.22. The second kappa shape index (κ2) is 8.84. The van der Waals surface area contributed by atoms with Crippen molar-refractivity contribution in [2.75, 3.05) is 11.9 Å². The van der Waals surface area contributed by atoms with Crippen LogP contribution < -0.4 is 5.32 Å². The Labute approximate surface area is 189 Å². The molecule has 8 heteroatoms. The SMILES string of the molecule is Oc1cccc(Nc2ncnc3cc(-c4ccc(CN5CCCC5C(O)O)cc4)sc23)c1. The second-order valence-corrected chi connectivity index (χ2v) is 9.07. The first-order valence-electron chi connectivity index (χ1n) is 10.6. The van der Waals surface area contributed by atoms with Gasteiger partial charge in [0.05, 0.1) is 16.3 Å². The zero-order valence-corrected chi connectivity index (χ0v) is 18.2. The Hall–Kier alpha value is -3.04. The van der Waals surface area contributed by atoms with Gasteiger partial charge >= 0.3 is 0 Å². The number of phenols is 1. The quantitative estimate of drug-likeness (QED) is 0.330. The van der Waals surface area contributed by atoms with Gasteiger partial charge in [-0.3, -0.25) is 4.90 Å². The number of aromatic nitrogens is 2. The Balaban J connectivity index is 1.37. The lowest BCUT2D eigenvalue weighted by Crippen LogP contribution is -2.38. The molecule has 32 heavy (non-hydrogen) atoms. The highest BCUT2D eigenvalue weighted by Gasteiger charge is 2.29. The molecule has 1 fully saturated rings. The number of benzene rings is 2. The average Bonchev–Trinajstić information content (AvgIpc) is 3.42. The maximum absolute atomic E-state index is 9.71. The molecule has 5 rings (SSSR count). The molecule has 164 valence electrons. The first-order chi connectivity index (χ1) is 15.6. The fraction of sp³-hybridized carbons (Fsp3) is 0.250. The zero-order valence-electron chi connectivity index (χ0n) is 17.3. The largest absolute Gasteiger partial charge is 0.508 e. The normalized spacial score (nSPS) is 16.8. The lowest BCUT2D eigenvalue weighted by molar-refractivity contribution is -0.0917. The van der Waals surface area contributed by atoms with Crippen LogP contribution in [0.3, 0.4) is 0 Å². The van der Waals surface area contributed by atoms with Crippen LogP contribution in [0.1, 0.15) is 18.4 Å². The summed E-state index contributed by atoms with van der Waals surface area (Å²) in [5.74, 6) is 0.900. The van der Waals surface area contributed by atoms with Crippen molar-refractivity contribution in [2.24, 2.45) is 0 Å². The number of rotatable bonds is 6. The molecule has 4 N–H and O–H groups in total. The number of anilines is 2. The summed E-state index contributed by atoms with van der Waals surface area (Å²) in [6, 6.07) is 17.2. The summed E-state index contributed by atoms with van der Waals surface area (Å²) < 4.78 is 0.951. The number of hydrogen-bond donors (Lipinski definition) is 4. The summed E-state index contributed by atoms with van der Waals surface area (Å²) in [6.45, 7) is 1.59. The molecule has 0 spiro atoms. The summed E-state index contributed by atoms with van der Waals surface area (Å²) in [6.07, 6.45) is 2.05. The van der Waals surface area contributed by atoms with Crippen molar-refractivity contribution in [3.63, 3.8) is 0 Å². The van der Waals surface area contributed by atoms with Gasteiger partial charge in [0, 0.05) is 23.2 Å². The van der Waals surface area contributed by atoms with E-state index in [-0.39, 0.29) is 11.8 Å². The Morgan fingerprint density at radius 2 is 1.94 bits per heavy atom. The van der Waals surface area contributed by atoms with E-state index in [1.165, 1.54) is 6.33 Å². The molecule has 1 saturated heterocycles. The van der Waals surface area contributed by atoms with Crippen molar-refractivity contribution in [1.82, 2.24) is 14.9 Å². The lowest BCUT2D eigenvalue weighted by Gasteiger charge is -2.25. The molecule has 0 amide bonds. The van der Waals surface area contributed by atoms with E-state index in [1.54, 1.807) is 29.5 Å². The topological polar surface area (TPSA) is 102 Å². The van der Waals surface area contributed by atoms with Crippen molar-refractivity contribution in [2.45, 2.75) is 31.7 Å². The minimum absolute atomic E-state index is 0.187. The summed E-state index contributed by atoms with van der Waals surface area (Å²) >= 11 is 1.62. The van der Waals surface area contributed by atoms with E-state index in [0.717, 1.165) is 51.3 Å². The van der Waals surface area contributed by atoms with E-state index in [0.29, 0.717) is 12.4 Å². The zero-order chi connectivity index (χ0) is 22.1. The maximum atomic E-state index is 9.71. The van der Waals surface area contributed by atoms with Gasteiger partial charge in [0.25, 0.3) is 0 Å². The molecule has 1 unspecified atom stereocenters. The third-order valence-electron chi connectivity index (χ3n) is 5.80. The molecule has 2 aromatic heterocycles. The molecule has 2 aromatic carbocycles. The van der Waals surface area contributed by atoms with Crippen LogP contribution in [0.2, 0.25) is 0 Å². The average molecular weight is 449 g/mol. The molecule has 0 radical (unpaired) electrons. The smallest absolute Gasteiger partial charge is 0.167 e. The first kappa shape index (κ1) is 20.8. The van der Waals surface area contributed by atoms with Gasteiger partial charge in [-0.25, -0.2) is 9.97 Å². The Morgan fingerprint density at radius 3 is 2.72 bits per heavy atom. The maximum Gasteiger partial charge on any atom is 0.167 e. The molecule has 7 nitrogen and oxygen atoms in total. The van der Waals surface area contributed by atoms with Gasteiger partial charge in [0.2, 0.25) is 0 Å². The van der Waals surface area contributed by atoms with Gasteiger partial charge in [0.1, 0.15) is 12.1 Å². The number of phenolic OH excluding ortho intramolecular Hbond substituents is 1. The fourth-order valence-electron chi connectivity index (χ4n) is 4.20. The molecule has 3 heterocycles. The van der Waals surface area contributed by atoms with Gasteiger partial charge in [-0.2, -0.15) is 0 Å². The number of fused-ring (bicyclic) bond motifs is 1. The number of hydrogen-bond acceptors (Lipinski definition) is 8. The fourth-order valence-corrected chi connectivity index (χ4v) is 5.26. The van der Waals surface area contributed by atoms with Crippen molar-refractivity contribution < 1.29 is 15.3 Å². The van der Waals surface area contributed by atoms with E-state index in [4.69, 9.17) is 0 Å². The first-order valence-corrected chi connectivity index (χ1v) is 11.4. The minimum atomic E-state index is -1.29. The minimum Gasteiger partial charge on any atom is -0.508 e. The lowest BCUT2D eigenvalue weighted by atomic mass is 10.1. The van der Waals surface area contributed by atoms with E-state index in [9.17, 15) is 15.3 Å². The summed E-state index contributed by atoms with van der Waals surface area (Å²) in [4.78, 5) is 12.0. The third kappa shape index (κ3) is 4.31. The van der Waals surface area contributed by atoms with Crippen LogP contribution in [0, 0.1) is 0 Å². The highest BCUT2D eigenvalue weighted by atomic mass is 32.1. The number of thiophene rings is 1. The van der Waals surface area contributed by atoms with Crippen LogP contribution in [0.15, 0.2) is 60.9 Å². The number of aliphatic hydroxyl groups excluding tert-OH is 1. The van der Waals surface area contributed by atoms with E-state index in [1.807, 2.05) is 6.07 Å². The Kier molecular flexibility index (Phi) is 5.75. The van der Waals surface area contributed by atoms with Crippen LogP contribution >= 0.6 is 11.3 Å². The van der Waals surface area contributed by atoms with Gasteiger partial charge in [-0.15, -0.1) is 11.3 Å². The van der Waals surface area contributed by atoms with Crippen LogP contribution in [0.5, 0.6) is 5.75 Å². The van der Waals surface area contributed by atoms with Crippen LogP contribution in [-0.4, -0.2) is 49.1 Å². The van der Waals surface area contributed by atoms with Gasteiger partial charge < -0.3 is 20.6 Å². The van der Waals surface area contributed by atoms with Crippen LogP contribution in [-0.2, 0) is 6.54 Å². The molecule has 0 bridgehead atoms. The molecule has 0 saturated carbocycles. The number of likely N-dealkylation sites (tertiary alicyclic amines) is 1. The molecule has 4 aromatic rings. The van der Waals surface area contributed by atoms with Gasteiger partial charge in [-0.05, 0) is 48.7 Å². The van der Waals surface area contributed by atoms with E-state index < -0.39 is 6.29 Å². The van der Waals surface area contributed by atoms with Crippen molar-refractivity contribution in [1.29, 1.82) is 0 Å². The van der Waals surface area contributed by atoms with Crippen molar-refractivity contribution >= 4 is 33.1 Å². The van der Waals surface area contributed by atoms with Crippen molar-refractivity contribution in [3.05, 3.63) is 66.5 Å².